The van der Waals surface area contributed by atoms with Crippen LogP contribution in [0.2, 0.25) is 5.02 Å². The van der Waals surface area contributed by atoms with Gasteiger partial charge in [-0.15, -0.1) is 0 Å². The van der Waals surface area contributed by atoms with Crippen molar-refractivity contribution < 1.29 is 9.53 Å². The molecule has 2 nitrogen and oxygen atoms in total. The highest BCUT2D eigenvalue weighted by Crippen LogP contribution is 2.28. The van der Waals surface area contributed by atoms with Crippen LogP contribution in [0.3, 0.4) is 0 Å². The van der Waals surface area contributed by atoms with Crippen molar-refractivity contribution in [3.05, 3.63) is 28.8 Å². The van der Waals surface area contributed by atoms with E-state index in [0.717, 1.165) is 24.8 Å². The molecule has 1 aromatic rings. The molecule has 1 atom stereocenters. The van der Waals surface area contributed by atoms with Gasteiger partial charge < -0.3 is 4.74 Å². The average Bonchev–Trinajstić information content (AvgIpc) is 2.27. The van der Waals surface area contributed by atoms with E-state index < -0.39 is 0 Å². The van der Waals surface area contributed by atoms with E-state index in [1.807, 2.05) is 19.1 Å². The first kappa shape index (κ1) is 11.5. The van der Waals surface area contributed by atoms with Gasteiger partial charge in [0, 0.05) is 6.42 Å². The van der Waals surface area contributed by atoms with Crippen molar-refractivity contribution in [1.82, 2.24) is 0 Å². The number of halogens is 1. The Morgan fingerprint density at radius 3 is 2.94 bits per heavy atom. The highest BCUT2D eigenvalue weighted by atomic mass is 35.5. The molecule has 1 unspecified atom stereocenters. The summed E-state index contributed by atoms with van der Waals surface area (Å²) in [4.78, 5) is 11.6. The number of aryl methyl sites for hydroxylation is 1. The molecule has 2 rings (SSSR count). The number of hydrogen-bond acceptors (Lipinski definition) is 2. The molecule has 1 aromatic carbocycles. The van der Waals surface area contributed by atoms with Crippen LogP contribution in [-0.2, 0) is 4.79 Å². The summed E-state index contributed by atoms with van der Waals surface area (Å²) in [5.74, 6) is 0.825. The molecule has 1 saturated carbocycles. The maximum atomic E-state index is 11.6. The number of hydrogen-bond donors (Lipinski definition) is 0. The van der Waals surface area contributed by atoms with E-state index in [2.05, 4.69) is 0 Å². The van der Waals surface area contributed by atoms with Gasteiger partial charge in [-0.3, -0.25) is 4.79 Å². The maximum Gasteiger partial charge on any atom is 0.173 e. The van der Waals surface area contributed by atoms with Gasteiger partial charge in [0.15, 0.2) is 11.9 Å². The largest absolute Gasteiger partial charge is 0.481 e. The number of carbonyl (C=O) groups is 1. The Labute approximate surface area is 101 Å². The standard InChI is InChI=1S/C13H15ClO2/c1-9-6-7-10(14)13(8-9)16-12-5-3-2-4-11(12)15/h6-8,12H,2-5H2,1H3. The summed E-state index contributed by atoms with van der Waals surface area (Å²) in [5, 5.41) is 0.573. The smallest absolute Gasteiger partial charge is 0.173 e. The van der Waals surface area contributed by atoms with Crippen molar-refractivity contribution in [2.24, 2.45) is 0 Å². The van der Waals surface area contributed by atoms with Crippen LogP contribution in [0, 0.1) is 6.92 Å². The topological polar surface area (TPSA) is 26.3 Å². The molecule has 0 aliphatic heterocycles. The van der Waals surface area contributed by atoms with E-state index in [1.54, 1.807) is 6.07 Å². The first-order valence-electron chi connectivity index (χ1n) is 5.62. The minimum Gasteiger partial charge on any atom is -0.481 e. The number of rotatable bonds is 2. The van der Waals surface area contributed by atoms with E-state index in [4.69, 9.17) is 16.3 Å². The predicted molar refractivity (Wildman–Crippen MR) is 64.1 cm³/mol. The summed E-state index contributed by atoms with van der Waals surface area (Å²) >= 11 is 6.03. The molecule has 16 heavy (non-hydrogen) atoms. The molecule has 0 heterocycles. The lowest BCUT2D eigenvalue weighted by Gasteiger charge is -2.22. The molecule has 0 saturated heterocycles. The van der Waals surface area contributed by atoms with Crippen LogP contribution >= 0.6 is 11.6 Å². The van der Waals surface area contributed by atoms with Crippen LogP contribution in [0.1, 0.15) is 31.2 Å². The van der Waals surface area contributed by atoms with Gasteiger partial charge >= 0.3 is 0 Å². The molecule has 86 valence electrons. The molecule has 1 fully saturated rings. The third kappa shape index (κ3) is 2.56. The number of Topliss-reactive ketones (excluding diaryl/α,β-unsaturated/α-hetero) is 1. The normalized spacial score (nSPS) is 20.9. The maximum absolute atomic E-state index is 11.6. The molecule has 0 N–H and O–H groups in total. The summed E-state index contributed by atoms with van der Waals surface area (Å²) in [6.45, 7) is 1.98. The predicted octanol–water partition coefficient (Wildman–Crippen LogP) is 3.54. The van der Waals surface area contributed by atoms with Gasteiger partial charge in [0.1, 0.15) is 5.75 Å². The first-order chi connectivity index (χ1) is 7.66. The zero-order valence-corrected chi connectivity index (χ0v) is 10.1. The van der Waals surface area contributed by atoms with Crippen molar-refractivity contribution in [3.63, 3.8) is 0 Å². The zero-order valence-electron chi connectivity index (χ0n) is 9.33. The Morgan fingerprint density at radius 2 is 2.19 bits per heavy atom. The fraction of sp³-hybridized carbons (Fsp3) is 0.462. The molecule has 3 heteroatoms. The van der Waals surface area contributed by atoms with Crippen LogP contribution in [-0.4, -0.2) is 11.9 Å². The highest BCUT2D eigenvalue weighted by molar-refractivity contribution is 6.32. The van der Waals surface area contributed by atoms with Crippen molar-refractivity contribution in [1.29, 1.82) is 0 Å². The van der Waals surface area contributed by atoms with Gasteiger partial charge in [0.25, 0.3) is 0 Å². The molecule has 1 aliphatic carbocycles. The Hall–Kier alpha value is -1.02. The Kier molecular flexibility index (Phi) is 3.49. The zero-order chi connectivity index (χ0) is 11.5. The van der Waals surface area contributed by atoms with Crippen molar-refractivity contribution in [2.75, 3.05) is 0 Å². The number of ether oxygens (including phenoxy) is 1. The lowest BCUT2D eigenvalue weighted by molar-refractivity contribution is -0.127. The number of carbonyl (C=O) groups excluding carboxylic acids is 1. The van der Waals surface area contributed by atoms with E-state index >= 15 is 0 Å². The lowest BCUT2D eigenvalue weighted by Crippen LogP contribution is -2.30. The molecule has 0 amide bonds. The SMILES string of the molecule is Cc1ccc(Cl)c(OC2CCCCC2=O)c1. The minimum absolute atomic E-state index is 0.198. The number of ketones is 1. The summed E-state index contributed by atoms with van der Waals surface area (Å²) < 4.78 is 5.70. The van der Waals surface area contributed by atoms with Crippen LogP contribution in [0.15, 0.2) is 18.2 Å². The first-order valence-corrected chi connectivity index (χ1v) is 6.00. The van der Waals surface area contributed by atoms with E-state index in [-0.39, 0.29) is 11.9 Å². The second kappa shape index (κ2) is 4.88. The monoisotopic (exact) mass is 238 g/mol. The van der Waals surface area contributed by atoms with Crippen LogP contribution < -0.4 is 4.74 Å². The summed E-state index contributed by atoms with van der Waals surface area (Å²) in [5.41, 5.74) is 1.09. The van der Waals surface area contributed by atoms with Gasteiger partial charge in [0.05, 0.1) is 5.02 Å². The fourth-order valence-corrected chi connectivity index (χ4v) is 2.09. The highest BCUT2D eigenvalue weighted by Gasteiger charge is 2.24. The quantitative estimate of drug-likeness (QED) is 0.788. The van der Waals surface area contributed by atoms with Crippen LogP contribution in [0.5, 0.6) is 5.75 Å². The van der Waals surface area contributed by atoms with Crippen molar-refractivity contribution in [3.8, 4) is 5.75 Å². The second-order valence-electron chi connectivity index (χ2n) is 4.25. The molecule has 0 spiro atoms. The van der Waals surface area contributed by atoms with Crippen molar-refractivity contribution in [2.45, 2.75) is 38.7 Å². The summed E-state index contributed by atoms with van der Waals surface area (Å²) in [6, 6.07) is 5.61. The Morgan fingerprint density at radius 1 is 1.38 bits per heavy atom. The van der Waals surface area contributed by atoms with Gasteiger partial charge in [0.2, 0.25) is 0 Å². The summed E-state index contributed by atoms with van der Waals surface area (Å²) in [7, 11) is 0. The van der Waals surface area contributed by atoms with Gasteiger partial charge in [-0.25, -0.2) is 0 Å². The molecular formula is C13H15ClO2. The minimum atomic E-state index is -0.298. The Balaban J connectivity index is 2.13. The van der Waals surface area contributed by atoms with Crippen molar-refractivity contribution >= 4 is 17.4 Å². The van der Waals surface area contributed by atoms with Crippen LogP contribution in [0.4, 0.5) is 0 Å². The molecule has 1 aliphatic rings. The van der Waals surface area contributed by atoms with Gasteiger partial charge in [-0.1, -0.05) is 17.7 Å². The van der Waals surface area contributed by atoms with E-state index in [0.29, 0.717) is 17.2 Å². The second-order valence-corrected chi connectivity index (χ2v) is 4.66. The molecular weight excluding hydrogens is 224 g/mol. The molecule has 0 radical (unpaired) electrons. The molecule has 0 bridgehead atoms. The number of benzene rings is 1. The van der Waals surface area contributed by atoms with Gasteiger partial charge in [-0.2, -0.15) is 0 Å². The molecule has 0 aromatic heterocycles. The summed E-state index contributed by atoms with van der Waals surface area (Å²) in [6.07, 6.45) is 3.19. The Bertz CT molecular complexity index is 401. The third-order valence-electron chi connectivity index (χ3n) is 2.85. The van der Waals surface area contributed by atoms with Crippen LogP contribution in [0.25, 0.3) is 0 Å². The third-order valence-corrected chi connectivity index (χ3v) is 3.17. The van der Waals surface area contributed by atoms with E-state index in [9.17, 15) is 4.79 Å². The van der Waals surface area contributed by atoms with Gasteiger partial charge in [-0.05, 0) is 43.9 Å². The fourth-order valence-electron chi connectivity index (χ4n) is 1.93. The lowest BCUT2D eigenvalue weighted by atomic mass is 9.96. The average molecular weight is 239 g/mol. The van der Waals surface area contributed by atoms with E-state index in [1.165, 1.54) is 0 Å².